The first-order chi connectivity index (χ1) is 11.6. The highest BCUT2D eigenvalue weighted by Crippen LogP contribution is 2.33. The fraction of sp³-hybridized carbons (Fsp3) is 0.722. The summed E-state index contributed by atoms with van der Waals surface area (Å²) in [5.41, 5.74) is 1.24. The van der Waals surface area contributed by atoms with Crippen molar-refractivity contribution in [2.24, 2.45) is 11.8 Å². The molecule has 0 saturated heterocycles. The van der Waals surface area contributed by atoms with Crippen LogP contribution in [-0.4, -0.2) is 28.5 Å². The monoisotopic (exact) mass is 350 g/mol. The highest BCUT2D eigenvalue weighted by molar-refractivity contribution is 7.09. The minimum Gasteiger partial charge on any atom is -0.481 e. The highest BCUT2D eigenvalue weighted by atomic mass is 32.1. The van der Waals surface area contributed by atoms with E-state index in [9.17, 15) is 9.59 Å². The van der Waals surface area contributed by atoms with Crippen molar-refractivity contribution in [3.05, 3.63) is 16.1 Å². The van der Waals surface area contributed by atoms with Gasteiger partial charge in [0.25, 0.3) is 0 Å². The summed E-state index contributed by atoms with van der Waals surface area (Å²) in [7, 11) is 0. The number of carboxylic acid groups (broad SMARTS) is 1. The van der Waals surface area contributed by atoms with Crippen molar-refractivity contribution in [2.75, 3.05) is 6.54 Å². The molecule has 2 N–H and O–H groups in total. The molecule has 0 spiro atoms. The van der Waals surface area contributed by atoms with Gasteiger partial charge in [-0.15, -0.1) is 11.3 Å². The molecule has 2 atom stereocenters. The van der Waals surface area contributed by atoms with Crippen molar-refractivity contribution < 1.29 is 14.7 Å². The van der Waals surface area contributed by atoms with Crippen molar-refractivity contribution >= 4 is 23.2 Å². The summed E-state index contributed by atoms with van der Waals surface area (Å²) in [6.45, 7) is 0.588. The van der Waals surface area contributed by atoms with E-state index >= 15 is 0 Å². The number of thiazole rings is 1. The molecule has 1 aromatic rings. The van der Waals surface area contributed by atoms with E-state index in [1.807, 2.05) is 0 Å². The van der Waals surface area contributed by atoms with Crippen LogP contribution in [0.1, 0.15) is 68.0 Å². The van der Waals surface area contributed by atoms with Gasteiger partial charge < -0.3 is 10.4 Å². The van der Waals surface area contributed by atoms with Crippen LogP contribution >= 0.6 is 11.3 Å². The molecule has 132 valence electrons. The summed E-state index contributed by atoms with van der Waals surface area (Å²) < 4.78 is 0. The number of aromatic nitrogens is 1. The number of nitrogens with one attached hydrogen (secondary N) is 1. The largest absolute Gasteiger partial charge is 0.481 e. The van der Waals surface area contributed by atoms with Crippen LogP contribution in [0.15, 0.2) is 5.38 Å². The minimum atomic E-state index is -0.775. The predicted molar refractivity (Wildman–Crippen MR) is 93.1 cm³/mol. The van der Waals surface area contributed by atoms with Gasteiger partial charge in [-0.1, -0.05) is 19.3 Å². The fourth-order valence-electron chi connectivity index (χ4n) is 3.91. The van der Waals surface area contributed by atoms with Crippen molar-refractivity contribution in [1.82, 2.24) is 10.3 Å². The van der Waals surface area contributed by atoms with Gasteiger partial charge in [-0.3, -0.25) is 9.59 Å². The van der Waals surface area contributed by atoms with E-state index < -0.39 is 5.97 Å². The Labute approximate surface area is 146 Å². The fourth-order valence-corrected chi connectivity index (χ4v) is 4.79. The average molecular weight is 350 g/mol. The molecular formula is C18H26N2O3S. The number of amides is 1. The van der Waals surface area contributed by atoms with Gasteiger partial charge in [0, 0.05) is 30.2 Å². The van der Waals surface area contributed by atoms with E-state index in [4.69, 9.17) is 10.1 Å². The summed E-state index contributed by atoms with van der Waals surface area (Å²) in [4.78, 5) is 27.9. The minimum absolute atomic E-state index is 0.00260. The first-order valence-corrected chi connectivity index (χ1v) is 9.96. The maximum atomic E-state index is 12.1. The lowest BCUT2D eigenvalue weighted by atomic mass is 9.87. The van der Waals surface area contributed by atoms with Gasteiger partial charge in [-0.25, -0.2) is 4.98 Å². The Morgan fingerprint density at radius 1 is 1.17 bits per heavy atom. The summed E-state index contributed by atoms with van der Waals surface area (Å²) >= 11 is 1.69. The molecule has 3 rings (SSSR count). The molecule has 1 amide bonds. The lowest BCUT2D eigenvalue weighted by molar-refractivity contribution is -0.141. The third-order valence-electron chi connectivity index (χ3n) is 5.38. The molecule has 0 unspecified atom stereocenters. The summed E-state index contributed by atoms with van der Waals surface area (Å²) in [5.74, 6) is -0.631. The van der Waals surface area contributed by atoms with Crippen LogP contribution in [0.4, 0.5) is 0 Å². The maximum absolute atomic E-state index is 12.1. The lowest BCUT2D eigenvalue weighted by Gasteiger charge is -2.19. The first kappa shape index (κ1) is 17.4. The number of rotatable bonds is 6. The molecule has 2 fully saturated rings. The molecule has 2 aliphatic carbocycles. The quantitative estimate of drug-likeness (QED) is 0.824. The third-order valence-corrected chi connectivity index (χ3v) is 6.31. The van der Waals surface area contributed by atoms with Crippen LogP contribution in [0.25, 0.3) is 0 Å². The van der Waals surface area contributed by atoms with Gasteiger partial charge in [0.2, 0.25) is 5.91 Å². The Hall–Kier alpha value is -1.43. The van der Waals surface area contributed by atoms with Gasteiger partial charge in [-0.05, 0) is 32.1 Å². The van der Waals surface area contributed by atoms with E-state index in [-0.39, 0.29) is 17.7 Å². The van der Waals surface area contributed by atoms with Crippen LogP contribution in [0.3, 0.4) is 0 Å². The van der Waals surface area contributed by atoms with Gasteiger partial charge in [0.15, 0.2) is 0 Å². The molecule has 0 aromatic carbocycles. The Bertz CT molecular complexity index is 581. The number of aliphatic carboxylic acids is 1. The smallest absolute Gasteiger partial charge is 0.306 e. The molecule has 5 nitrogen and oxygen atoms in total. The van der Waals surface area contributed by atoms with E-state index in [1.165, 1.54) is 37.8 Å². The zero-order chi connectivity index (χ0) is 16.9. The Morgan fingerprint density at radius 3 is 2.62 bits per heavy atom. The Morgan fingerprint density at radius 2 is 1.92 bits per heavy atom. The third kappa shape index (κ3) is 4.35. The zero-order valence-electron chi connectivity index (χ0n) is 14.0. The van der Waals surface area contributed by atoms with Crippen LogP contribution in [0.5, 0.6) is 0 Å². The van der Waals surface area contributed by atoms with Crippen LogP contribution < -0.4 is 5.32 Å². The second kappa shape index (κ2) is 8.10. The molecule has 0 aliphatic heterocycles. The normalized spacial score (nSPS) is 24.8. The standard InChI is InChI=1S/C18H26N2O3S/c21-17(13-6-7-14(10-13)18(22)23)19-9-8-16-20-15(11-24-16)12-4-2-1-3-5-12/h11-14H,1-10H2,(H,19,21)(H,22,23)/t13-,14+/m0/s1. The number of carbonyl (C=O) groups excluding carboxylic acids is 1. The molecule has 1 heterocycles. The lowest BCUT2D eigenvalue weighted by Crippen LogP contribution is -2.31. The molecule has 0 radical (unpaired) electrons. The van der Waals surface area contributed by atoms with E-state index in [1.54, 1.807) is 11.3 Å². The topological polar surface area (TPSA) is 79.3 Å². The summed E-state index contributed by atoms with van der Waals surface area (Å²) in [5, 5.41) is 15.2. The average Bonchev–Trinajstić information content (AvgIpc) is 3.25. The number of nitrogens with zero attached hydrogens (tertiary/aromatic N) is 1. The SMILES string of the molecule is O=C(O)[C@@H]1CC[C@H](C(=O)NCCc2nc(C3CCCCC3)cs2)C1. The zero-order valence-corrected chi connectivity index (χ0v) is 14.8. The van der Waals surface area contributed by atoms with Gasteiger partial charge in [-0.2, -0.15) is 0 Å². The Balaban J connectivity index is 1.41. The summed E-state index contributed by atoms with van der Waals surface area (Å²) in [6, 6.07) is 0. The molecule has 6 heteroatoms. The van der Waals surface area contributed by atoms with E-state index in [0.29, 0.717) is 31.7 Å². The van der Waals surface area contributed by atoms with E-state index in [0.717, 1.165) is 11.4 Å². The first-order valence-electron chi connectivity index (χ1n) is 9.08. The van der Waals surface area contributed by atoms with Crippen molar-refractivity contribution in [3.63, 3.8) is 0 Å². The van der Waals surface area contributed by atoms with Gasteiger partial charge in [0.1, 0.15) is 0 Å². The molecular weight excluding hydrogens is 324 g/mol. The van der Waals surface area contributed by atoms with Crippen molar-refractivity contribution in [3.8, 4) is 0 Å². The Kier molecular flexibility index (Phi) is 5.87. The molecule has 2 saturated carbocycles. The second-order valence-corrected chi connectivity index (χ2v) is 8.03. The maximum Gasteiger partial charge on any atom is 0.306 e. The van der Waals surface area contributed by atoms with Crippen molar-refractivity contribution in [1.29, 1.82) is 0 Å². The highest BCUT2D eigenvalue weighted by Gasteiger charge is 2.33. The second-order valence-electron chi connectivity index (χ2n) is 7.09. The number of carboxylic acids is 1. The molecule has 0 bridgehead atoms. The van der Waals surface area contributed by atoms with Crippen LogP contribution in [-0.2, 0) is 16.0 Å². The molecule has 1 aromatic heterocycles. The molecule has 2 aliphatic rings. The van der Waals surface area contributed by atoms with Crippen LogP contribution in [0, 0.1) is 11.8 Å². The van der Waals surface area contributed by atoms with Gasteiger partial charge in [0.05, 0.1) is 16.6 Å². The van der Waals surface area contributed by atoms with Crippen molar-refractivity contribution in [2.45, 2.75) is 63.7 Å². The number of hydrogen-bond donors (Lipinski definition) is 2. The predicted octanol–water partition coefficient (Wildman–Crippen LogP) is 3.35. The van der Waals surface area contributed by atoms with Crippen LogP contribution in [0.2, 0.25) is 0 Å². The van der Waals surface area contributed by atoms with E-state index in [2.05, 4.69) is 10.7 Å². The number of carbonyl (C=O) groups is 2. The molecule has 24 heavy (non-hydrogen) atoms. The number of hydrogen-bond acceptors (Lipinski definition) is 4. The summed E-state index contributed by atoms with van der Waals surface area (Å²) in [6.07, 6.45) is 9.03. The van der Waals surface area contributed by atoms with Gasteiger partial charge >= 0.3 is 5.97 Å².